The van der Waals surface area contributed by atoms with E-state index in [4.69, 9.17) is 5.39 Å². The molecular formula is C6H4N2+. The molecule has 0 aliphatic rings. The van der Waals surface area contributed by atoms with E-state index in [0.717, 1.165) is 0 Å². The van der Waals surface area contributed by atoms with Gasteiger partial charge in [0.05, 0.1) is 0 Å². The van der Waals surface area contributed by atoms with Crippen molar-refractivity contribution in [3.63, 3.8) is 0 Å². The summed E-state index contributed by atoms with van der Waals surface area (Å²) in [5.74, 6) is 0. The zero-order chi connectivity index (χ0) is 5.82. The van der Waals surface area contributed by atoms with Crippen LogP contribution < -0.4 is 0 Å². The maximum atomic E-state index is 8.14. The van der Waals surface area contributed by atoms with E-state index in [1.54, 1.807) is 24.3 Å². The van der Waals surface area contributed by atoms with Crippen molar-refractivity contribution in [3.05, 3.63) is 35.3 Å². The third kappa shape index (κ3) is 0.824. The Kier molecular flexibility index (Phi) is 1.25. The molecule has 1 aromatic rings. The Balaban J connectivity index is 3.05. The summed E-state index contributed by atoms with van der Waals surface area (Å²) in [6.07, 6.45) is 0. The molecule has 0 fully saturated rings. The predicted octanol–water partition coefficient (Wildman–Crippen LogP) is 1.97. The summed E-state index contributed by atoms with van der Waals surface area (Å²) in [5.41, 5.74) is 0.535. The lowest BCUT2D eigenvalue weighted by atomic mass is 10.3. The lowest BCUT2D eigenvalue weighted by Gasteiger charge is -1.68. The van der Waals surface area contributed by atoms with Gasteiger partial charge < -0.3 is 0 Å². The Morgan fingerprint density at radius 3 is 2.88 bits per heavy atom. The second-order valence-electron chi connectivity index (χ2n) is 1.36. The van der Waals surface area contributed by atoms with Gasteiger partial charge in [-0.2, -0.15) is 0 Å². The van der Waals surface area contributed by atoms with Gasteiger partial charge in [0.15, 0.2) is 4.98 Å². The number of diazo groups is 1. The van der Waals surface area contributed by atoms with Gasteiger partial charge in [-0.1, -0.05) is 12.1 Å². The van der Waals surface area contributed by atoms with Gasteiger partial charge in [0.2, 0.25) is 5.39 Å². The molecule has 1 radical (unpaired) electrons. The van der Waals surface area contributed by atoms with Crippen LogP contribution in [0.4, 0.5) is 5.69 Å². The molecule has 0 unspecified atom stereocenters. The Labute approximate surface area is 47.4 Å². The molecule has 0 saturated carbocycles. The molecule has 0 aliphatic heterocycles. The van der Waals surface area contributed by atoms with Crippen LogP contribution in [0.15, 0.2) is 24.3 Å². The molecule has 2 heteroatoms. The summed E-state index contributed by atoms with van der Waals surface area (Å²) in [7, 11) is 0. The molecule has 1 aromatic carbocycles. The van der Waals surface area contributed by atoms with Gasteiger partial charge in [0.1, 0.15) is 0 Å². The smallest absolute Gasteiger partial charge is 0.0538 e. The average Bonchev–Trinajstić information content (AvgIpc) is 1.90. The van der Waals surface area contributed by atoms with E-state index < -0.39 is 0 Å². The third-order valence-electron chi connectivity index (χ3n) is 0.806. The lowest BCUT2D eigenvalue weighted by molar-refractivity contribution is 1.46. The first-order chi connectivity index (χ1) is 3.93. The number of hydrogen-bond donors (Lipinski definition) is 0. The molecule has 1 rings (SSSR count). The monoisotopic (exact) mass is 104 g/mol. The van der Waals surface area contributed by atoms with Crippen LogP contribution in [0.5, 0.6) is 0 Å². The molecule has 0 atom stereocenters. The first-order valence-corrected chi connectivity index (χ1v) is 2.24. The molecule has 37 valence electrons. The minimum Gasteiger partial charge on any atom is -0.0538 e. The van der Waals surface area contributed by atoms with Crippen LogP contribution in [-0.2, 0) is 0 Å². The SMILES string of the molecule is N#[N+]c1c[c]ccc1. The highest BCUT2D eigenvalue weighted by Crippen LogP contribution is 2.06. The van der Waals surface area contributed by atoms with E-state index >= 15 is 0 Å². The second-order valence-corrected chi connectivity index (χ2v) is 1.36. The van der Waals surface area contributed by atoms with Gasteiger partial charge >= 0.3 is 5.69 Å². The van der Waals surface area contributed by atoms with Gasteiger partial charge in [-0.25, -0.2) is 0 Å². The molecule has 0 spiro atoms. The Morgan fingerprint density at radius 2 is 2.50 bits per heavy atom. The Bertz CT molecular complexity index is 198. The highest BCUT2D eigenvalue weighted by Gasteiger charge is 1.96. The minimum absolute atomic E-state index is 0.535. The Morgan fingerprint density at radius 1 is 1.62 bits per heavy atom. The standard InChI is InChI=1S/C6H4N2/c7-8-6-4-2-1-3-5-6/h1-2,4-5H/q+1. The van der Waals surface area contributed by atoms with Crippen molar-refractivity contribution in [1.82, 2.24) is 0 Å². The van der Waals surface area contributed by atoms with Gasteiger partial charge in [-0.15, -0.1) is 0 Å². The molecule has 2 nitrogen and oxygen atoms in total. The van der Waals surface area contributed by atoms with E-state index in [2.05, 4.69) is 11.0 Å². The molecule has 0 saturated heterocycles. The lowest BCUT2D eigenvalue weighted by Crippen LogP contribution is -1.55. The summed E-state index contributed by atoms with van der Waals surface area (Å²) in [4.78, 5) is 2.94. The summed E-state index contributed by atoms with van der Waals surface area (Å²) in [6.45, 7) is 0. The highest BCUT2D eigenvalue weighted by molar-refractivity contribution is 5.41. The second kappa shape index (κ2) is 2.08. The van der Waals surface area contributed by atoms with Gasteiger partial charge in [0.25, 0.3) is 0 Å². The van der Waals surface area contributed by atoms with E-state index in [-0.39, 0.29) is 0 Å². The molecule has 0 amide bonds. The van der Waals surface area contributed by atoms with Crippen LogP contribution in [0.25, 0.3) is 4.98 Å². The average molecular weight is 104 g/mol. The minimum atomic E-state index is 0.535. The number of hydrogen-bond acceptors (Lipinski definition) is 1. The van der Waals surface area contributed by atoms with Gasteiger partial charge in [-0.05, 0) is 6.07 Å². The fourth-order valence-electron chi connectivity index (χ4n) is 0.446. The van der Waals surface area contributed by atoms with E-state index in [1.165, 1.54) is 0 Å². The third-order valence-corrected chi connectivity index (χ3v) is 0.806. The van der Waals surface area contributed by atoms with Crippen molar-refractivity contribution in [2.45, 2.75) is 0 Å². The quantitative estimate of drug-likeness (QED) is 0.462. The van der Waals surface area contributed by atoms with Gasteiger partial charge in [0, 0.05) is 12.1 Å². The topological polar surface area (TPSA) is 28.1 Å². The first-order valence-electron chi connectivity index (χ1n) is 2.24. The van der Waals surface area contributed by atoms with Crippen LogP contribution in [0.3, 0.4) is 0 Å². The summed E-state index contributed by atoms with van der Waals surface area (Å²) >= 11 is 0. The van der Waals surface area contributed by atoms with Crippen LogP contribution in [0.1, 0.15) is 0 Å². The number of nitrogens with zero attached hydrogens (tertiary/aromatic N) is 2. The maximum absolute atomic E-state index is 8.14. The summed E-state index contributed by atoms with van der Waals surface area (Å²) < 4.78 is 0. The zero-order valence-corrected chi connectivity index (χ0v) is 4.20. The molecule has 0 aromatic heterocycles. The summed E-state index contributed by atoms with van der Waals surface area (Å²) in [6, 6.07) is 9.55. The molecule has 0 bridgehead atoms. The molecule has 0 N–H and O–H groups in total. The van der Waals surface area contributed by atoms with E-state index in [0.29, 0.717) is 5.69 Å². The van der Waals surface area contributed by atoms with Crippen molar-refractivity contribution in [1.29, 1.82) is 5.39 Å². The van der Waals surface area contributed by atoms with Crippen LogP contribution in [0, 0.1) is 11.5 Å². The van der Waals surface area contributed by atoms with Crippen molar-refractivity contribution in [3.8, 4) is 0 Å². The molecular weight excluding hydrogens is 100 g/mol. The summed E-state index contributed by atoms with van der Waals surface area (Å²) in [5, 5.41) is 8.14. The van der Waals surface area contributed by atoms with Crippen LogP contribution in [-0.4, -0.2) is 0 Å². The first kappa shape index (κ1) is 4.79. The molecule has 8 heavy (non-hydrogen) atoms. The number of benzene rings is 1. The molecule has 0 aliphatic carbocycles. The fraction of sp³-hybridized carbons (Fsp3) is 0. The van der Waals surface area contributed by atoms with Crippen molar-refractivity contribution < 1.29 is 0 Å². The van der Waals surface area contributed by atoms with Crippen LogP contribution >= 0.6 is 0 Å². The fourth-order valence-corrected chi connectivity index (χ4v) is 0.446. The van der Waals surface area contributed by atoms with Crippen LogP contribution in [0.2, 0.25) is 0 Å². The largest absolute Gasteiger partial charge is 0.385 e. The Hall–Kier alpha value is -1.36. The van der Waals surface area contributed by atoms with Gasteiger partial charge in [-0.3, -0.25) is 0 Å². The predicted molar refractivity (Wildman–Crippen MR) is 30.0 cm³/mol. The van der Waals surface area contributed by atoms with Crippen molar-refractivity contribution >= 4 is 5.69 Å². The van der Waals surface area contributed by atoms with Crippen molar-refractivity contribution in [2.24, 2.45) is 0 Å². The number of rotatable bonds is 0. The van der Waals surface area contributed by atoms with Crippen molar-refractivity contribution in [2.75, 3.05) is 0 Å². The molecule has 0 heterocycles. The zero-order valence-electron chi connectivity index (χ0n) is 4.20. The maximum Gasteiger partial charge on any atom is 0.385 e. The normalized spacial score (nSPS) is 7.88. The van der Waals surface area contributed by atoms with E-state index in [9.17, 15) is 0 Å². The highest BCUT2D eigenvalue weighted by atomic mass is 14.8. The van der Waals surface area contributed by atoms with E-state index in [1.807, 2.05) is 0 Å².